The predicted octanol–water partition coefficient (Wildman–Crippen LogP) is 2.77. The van der Waals surface area contributed by atoms with E-state index in [1.807, 2.05) is 4.90 Å². The summed E-state index contributed by atoms with van der Waals surface area (Å²) < 4.78 is 0. The lowest BCUT2D eigenvalue weighted by Crippen LogP contribution is -2.28. The van der Waals surface area contributed by atoms with Gasteiger partial charge < -0.3 is 4.90 Å². The summed E-state index contributed by atoms with van der Waals surface area (Å²) in [6.45, 7) is 1.34. The Hall–Kier alpha value is -3.29. The summed E-state index contributed by atoms with van der Waals surface area (Å²) in [5.74, 6) is 0.500. The Labute approximate surface area is 137 Å². The van der Waals surface area contributed by atoms with Gasteiger partial charge in [-0.15, -0.1) is 0 Å². The van der Waals surface area contributed by atoms with E-state index in [-0.39, 0.29) is 17.9 Å². The lowest BCUT2D eigenvalue weighted by Gasteiger charge is -2.20. The van der Waals surface area contributed by atoms with Gasteiger partial charge in [0.2, 0.25) is 0 Å². The highest BCUT2D eigenvalue weighted by molar-refractivity contribution is 6.03. The molecule has 0 atom stereocenters. The fourth-order valence-corrected chi connectivity index (χ4v) is 2.74. The Bertz CT molecular complexity index is 834. The van der Waals surface area contributed by atoms with E-state index in [0.29, 0.717) is 30.1 Å². The lowest BCUT2D eigenvalue weighted by molar-refractivity contribution is -0.385. The molecule has 8 heteroatoms. The molecule has 0 amide bonds. The fraction of sp³-hybridized carbons (Fsp3) is 0.188. The zero-order valence-electron chi connectivity index (χ0n) is 12.7. The molecule has 8 nitrogen and oxygen atoms in total. The molecule has 1 aliphatic heterocycles. The summed E-state index contributed by atoms with van der Waals surface area (Å²) in [6, 6.07) is 12.9. The normalized spacial score (nSPS) is 13.7. The second-order valence-electron chi connectivity index (χ2n) is 5.29. The average molecular weight is 326 g/mol. The van der Waals surface area contributed by atoms with E-state index >= 15 is 0 Å². The topological polar surface area (TPSA) is 102 Å². The number of nitro groups is 2. The van der Waals surface area contributed by atoms with Gasteiger partial charge in [0.15, 0.2) is 0 Å². The molecule has 0 N–H and O–H groups in total. The Kier molecular flexibility index (Phi) is 4.19. The van der Waals surface area contributed by atoms with Crippen LogP contribution >= 0.6 is 0 Å². The highest BCUT2D eigenvalue weighted by Crippen LogP contribution is 2.25. The van der Waals surface area contributed by atoms with Crippen molar-refractivity contribution in [3.63, 3.8) is 0 Å². The molecule has 1 aliphatic rings. The maximum absolute atomic E-state index is 11.2. The van der Waals surface area contributed by atoms with E-state index in [0.717, 1.165) is 0 Å². The molecule has 0 spiro atoms. The number of rotatable bonds is 5. The molecule has 0 fully saturated rings. The molecular formula is C16H14N4O4. The molecule has 0 saturated carbocycles. The van der Waals surface area contributed by atoms with Gasteiger partial charge >= 0.3 is 0 Å². The Morgan fingerprint density at radius 1 is 0.958 bits per heavy atom. The lowest BCUT2D eigenvalue weighted by atomic mass is 10.1. The summed E-state index contributed by atoms with van der Waals surface area (Å²) >= 11 is 0. The van der Waals surface area contributed by atoms with Crippen molar-refractivity contribution in [2.45, 2.75) is 6.54 Å². The van der Waals surface area contributed by atoms with Crippen LogP contribution in [0.1, 0.15) is 11.1 Å². The van der Waals surface area contributed by atoms with Crippen LogP contribution in [0.15, 0.2) is 53.5 Å². The molecule has 2 aromatic carbocycles. The quantitative estimate of drug-likeness (QED) is 0.621. The Morgan fingerprint density at radius 2 is 1.58 bits per heavy atom. The first kappa shape index (κ1) is 15.6. The van der Waals surface area contributed by atoms with Crippen LogP contribution in [0.25, 0.3) is 0 Å². The average Bonchev–Trinajstić information content (AvgIpc) is 3.03. The number of hydrogen-bond acceptors (Lipinski definition) is 6. The summed E-state index contributed by atoms with van der Waals surface area (Å²) in [6.07, 6.45) is 0. The monoisotopic (exact) mass is 326 g/mol. The van der Waals surface area contributed by atoms with Crippen molar-refractivity contribution in [1.82, 2.24) is 4.90 Å². The third-order valence-electron chi connectivity index (χ3n) is 3.82. The number of nitro benzene ring substituents is 2. The first-order valence-electron chi connectivity index (χ1n) is 7.33. The van der Waals surface area contributed by atoms with E-state index in [1.54, 1.807) is 36.4 Å². The molecule has 0 bridgehead atoms. The minimum absolute atomic E-state index is 0.0225. The van der Waals surface area contributed by atoms with Crippen molar-refractivity contribution in [2.75, 3.05) is 13.1 Å². The molecule has 3 rings (SSSR count). The number of benzene rings is 2. The van der Waals surface area contributed by atoms with Crippen LogP contribution in [0.2, 0.25) is 0 Å². The molecule has 0 aromatic heterocycles. The first-order valence-corrected chi connectivity index (χ1v) is 7.33. The standard InChI is InChI=1S/C16H14N4O4/c21-19(22)14-7-3-1-5-12(14)11-18-10-9-17-16(18)13-6-2-4-8-15(13)20(23)24/h1-8H,9-11H2. The van der Waals surface area contributed by atoms with Gasteiger partial charge in [-0.2, -0.15) is 0 Å². The van der Waals surface area contributed by atoms with Crippen LogP contribution in [0.3, 0.4) is 0 Å². The zero-order valence-corrected chi connectivity index (χ0v) is 12.7. The summed E-state index contributed by atoms with van der Waals surface area (Å²) in [5.41, 5.74) is 0.992. The second-order valence-corrected chi connectivity index (χ2v) is 5.29. The smallest absolute Gasteiger partial charge is 0.280 e. The third-order valence-corrected chi connectivity index (χ3v) is 3.82. The second kappa shape index (κ2) is 6.45. The molecule has 2 aromatic rings. The largest absolute Gasteiger partial charge is 0.350 e. The molecule has 0 unspecified atom stereocenters. The van der Waals surface area contributed by atoms with Gasteiger partial charge in [0.1, 0.15) is 5.84 Å². The number of hydrogen-bond donors (Lipinski definition) is 0. The van der Waals surface area contributed by atoms with Crippen molar-refractivity contribution in [1.29, 1.82) is 0 Å². The van der Waals surface area contributed by atoms with Gasteiger partial charge in [-0.3, -0.25) is 25.2 Å². The van der Waals surface area contributed by atoms with Crippen LogP contribution < -0.4 is 0 Å². The van der Waals surface area contributed by atoms with E-state index in [2.05, 4.69) is 4.99 Å². The van der Waals surface area contributed by atoms with E-state index in [9.17, 15) is 20.2 Å². The first-order chi connectivity index (χ1) is 11.6. The van der Waals surface area contributed by atoms with Crippen molar-refractivity contribution in [3.05, 3.63) is 79.9 Å². The number of amidine groups is 1. The van der Waals surface area contributed by atoms with Crippen molar-refractivity contribution < 1.29 is 9.85 Å². The van der Waals surface area contributed by atoms with Gasteiger partial charge in [0, 0.05) is 24.2 Å². The Morgan fingerprint density at radius 3 is 2.29 bits per heavy atom. The van der Waals surface area contributed by atoms with Crippen LogP contribution in [-0.2, 0) is 6.54 Å². The summed E-state index contributed by atoms with van der Waals surface area (Å²) in [4.78, 5) is 27.7. The summed E-state index contributed by atoms with van der Waals surface area (Å²) in [7, 11) is 0. The number of para-hydroxylation sites is 2. The Balaban J connectivity index is 1.93. The van der Waals surface area contributed by atoms with Gasteiger partial charge in [-0.05, 0) is 6.07 Å². The van der Waals surface area contributed by atoms with Crippen LogP contribution in [0.4, 0.5) is 11.4 Å². The number of aliphatic imine (C=N–C) groups is 1. The molecular weight excluding hydrogens is 312 g/mol. The van der Waals surface area contributed by atoms with Gasteiger partial charge in [-0.1, -0.05) is 30.3 Å². The van der Waals surface area contributed by atoms with Crippen molar-refractivity contribution >= 4 is 17.2 Å². The maximum atomic E-state index is 11.2. The van der Waals surface area contributed by atoms with E-state index in [4.69, 9.17) is 0 Å². The van der Waals surface area contributed by atoms with Crippen molar-refractivity contribution in [3.8, 4) is 0 Å². The highest BCUT2D eigenvalue weighted by atomic mass is 16.6. The molecule has 24 heavy (non-hydrogen) atoms. The van der Waals surface area contributed by atoms with E-state index in [1.165, 1.54) is 12.1 Å². The molecule has 0 radical (unpaired) electrons. The maximum Gasteiger partial charge on any atom is 0.280 e. The minimum Gasteiger partial charge on any atom is -0.350 e. The van der Waals surface area contributed by atoms with Gasteiger partial charge in [0.05, 0.1) is 28.5 Å². The number of nitrogens with zero attached hydrogens (tertiary/aromatic N) is 4. The third kappa shape index (κ3) is 2.94. The zero-order chi connectivity index (χ0) is 17.1. The highest BCUT2D eigenvalue weighted by Gasteiger charge is 2.27. The summed E-state index contributed by atoms with van der Waals surface area (Å²) in [5, 5.41) is 22.4. The van der Waals surface area contributed by atoms with Gasteiger partial charge in [-0.25, -0.2) is 0 Å². The predicted molar refractivity (Wildman–Crippen MR) is 88.0 cm³/mol. The van der Waals surface area contributed by atoms with Gasteiger partial charge in [0.25, 0.3) is 11.4 Å². The minimum atomic E-state index is -0.445. The fourth-order valence-electron chi connectivity index (χ4n) is 2.74. The van der Waals surface area contributed by atoms with Crippen LogP contribution in [-0.4, -0.2) is 33.7 Å². The molecule has 0 aliphatic carbocycles. The molecule has 1 heterocycles. The van der Waals surface area contributed by atoms with E-state index < -0.39 is 9.85 Å². The van der Waals surface area contributed by atoms with Crippen LogP contribution in [0.5, 0.6) is 0 Å². The molecule has 122 valence electrons. The molecule has 0 saturated heterocycles. The van der Waals surface area contributed by atoms with Crippen LogP contribution in [0, 0.1) is 20.2 Å². The van der Waals surface area contributed by atoms with Crippen molar-refractivity contribution in [2.24, 2.45) is 4.99 Å². The SMILES string of the molecule is O=[N+]([O-])c1ccccc1CN1CCN=C1c1ccccc1[N+](=O)[O-].